The Bertz CT molecular complexity index is 165. The van der Waals surface area contributed by atoms with E-state index in [0.717, 1.165) is 19.3 Å². The van der Waals surface area contributed by atoms with Gasteiger partial charge in [0.25, 0.3) is 0 Å². The molecule has 0 aromatic heterocycles. The number of ether oxygens (including phenoxy) is 1. The number of carbonyl (C=O) groups is 1. The van der Waals surface area contributed by atoms with Crippen molar-refractivity contribution < 1.29 is 14.0 Å². The van der Waals surface area contributed by atoms with Crippen molar-refractivity contribution in [3.63, 3.8) is 0 Å². The summed E-state index contributed by atoms with van der Waals surface area (Å²) in [5.74, 6) is -0.0575. The van der Waals surface area contributed by atoms with Crippen molar-refractivity contribution >= 4 is 15.7 Å². The minimum absolute atomic E-state index is 0.0575. The predicted octanol–water partition coefficient (Wildman–Crippen LogP) is 1.65. The minimum Gasteiger partial charge on any atom is -0.466 e. The molecule has 0 radical (unpaired) electrons. The van der Waals surface area contributed by atoms with Gasteiger partial charge in [-0.3, -0.25) is 4.79 Å². The summed E-state index contributed by atoms with van der Waals surface area (Å²) in [7, 11) is 0.862. The highest BCUT2D eigenvalue weighted by atomic mass is 28.2. The van der Waals surface area contributed by atoms with Gasteiger partial charge in [-0.05, 0) is 19.8 Å². The Kier molecular flexibility index (Phi) is 6.83. The van der Waals surface area contributed by atoms with E-state index in [0.29, 0.717) is 6.61 Å². The van der Waals surface area contributed by atoms with Gasteiger partial charge in [0.05, 0.1) is 11.6 Å². The summed E-state index contributed by atoms with van der Waals surface area (Å²) >= 11 is 0. The molecule has 0 aliphatic carbocycles. The zero-order chi connectivity index (χ0) is 11.0. The number of hydrogen-bond donors (Lipinski definition) is 0. The summed E-state index contributed by atoms with van der Waals surface area (Å²) < 4.78 is 10.4. The second-order valence-electron chi connectivity index (χ2n) is 3.54. The van der Waals surface area contributed by atoms with Crippen LogP contribution in [0.25, 0.3) is 0 Å². The maximum Gasteiger partial charge on any atom is 0.311 e. The molecule has 0 aliphatic rings. The minimum atomic E-state index is -0.824. The molecule has 0 saturated heterocycles. The summed E-state index contributed by atoms with van der Waals surface area (Å²) in [6, 6.07) is 0. The zero-order valence-electron chi connectivity index (χ0n) is 9.76. The summed E-state index contributed by atoms with van der Waals surface area (Å²) in [5.41, 5.74) is 0. The Morgan fingerprint density at radius 3 is 2.36 bits per heavy atom. The van der Waals surface area contributed by atoms with Crippen LogP contribution in [0.4, 0.5) is 0 Å². The van der Waals surface area contributed by atoms with Crippen LogP contribution < -0.4 is 0 Å². The van der Waals surface area contributed by atoms with Gasteiger partial charge in [-0.1, -0.05) is 20.3 Å². The Balaban J connectivity index is 4.54. The second kappa shape index (κ2) is 7.01. The molecular weight excluding hydrogens is 196 g/mol. The van der Waals surface area contributed by atoms with Crippen molar-refractivity contribution in [2.24, 2.45) is 0 Å². The van der Waals surface area contributed by atoms with E-state index in [9.17, 15) is 4.79 Å². The fourth-order valence-electron chi connectivity index (χ4n) is 1.70. The van der Waals surface area contributed by atoms with E-state index in [-0.39, 0.29) is 11.0 Å². The smallest absolute Gasteiger partial charge is 0.311 e. The molecular formula is C10H22O3Si. The largest absolute Gasteiger partial charge is 0.466 e. The number of rotatable bonds is 7. The fraction of sp³-hybridized carbons (Fsp3) is 0.900. The lowest BCUT2D eigenvalue weighted by molar-refractivity contribution is -0.147. The van der Waals surface area contributed by atoms with Crippen LogP contribution in [0.15, 0.2) is 0 Å². The lowest BCUT2D eigenvalue weighted by Crippen LogP contribution is -2.32. The Hall–Kier alpha value is -0.353. The summed E-state index contributed by atoms with van der Waals surface area (Å²) in [5, 5.41) is -0.292. The highest BCUT2D eigenvalue weighted by Gasteiger charge is 2.37. The lowest BCUT2D eigenvalue weighted by atomic mass is 9.99. The first-order chi connectivity index (χ1) is 6.66. The number of esters is 1. The van der Waals surface area contributed by atoms with Crippen LogP contribution in [-0.4, -0.2) is 29.4 Å². The molecule has 0 aromatic rings. The third-order valence-electron chi connectivity index (χ3n) is 2.53. The van der Waals surface area contributed by atoms with Gasteiger partial charge in [0.1, 0.15) is 0 Å². The quantitative estimate of drug-likeness (QED) is 0.481. The highest BCUT2D eigenvalue weighted by molar-refractivity contribution is 6.40. The van der Waals surface area contributed by atoms with E-state index in [2.05, 4.69) is 6.92 Å². The van der Waals surface area contributed by atoms with E-state index in [4.69, 9.17) is 9.16 Å². The van der Waals surface area contributed by atoms with Gasteiger partial charge in [-0.15, -0.1) is 0 Å². The third kappa shape index (κ3) is 3.42. The van der Waals surface area contributed by atoms with E-state index in [1.807, 2.05) is 13.8 Å². The van der Waals surface area contributed by atoms with Crippen molar-refractivity contribution in [3.05, 3.63) is 0 Å². The summed E-state index contributed by atoms with van der Waals surface area (Å²) in [6.45, 7) is 6.44. The molecule has 14 heavy (non-hydrogen) atoms. The first-order valence-corrected chi connectivity index (χ1v) is 6.61. The van der Waals surface area contributed by atoms with Gasteiger partial charge >= 0.3 is 5.97 Å². The molecule has 0 N–H and O–H groups in total. The fourth-order valence-corrected chi connectivity index (χ4v) is 3.17. The monoisotopic (exact) mass is 218 g/mol. The third-order valence-corrected chi connectivity index (χ3v) is 4.52. The molecule has 84 valence electrons. The lowest BCUT2D eigenvalue weighted by Gasteiger charge is -2.28. The molecule has 0 saturated carbocycles. The van der Waals surface area contributed by atoms with Crippen LogP contribution in [0.5, 0.6) is 0 Å². The molecule has 0 heterocycles. The van der Waals surface area contributed by atoms with Crippen LogP contribution >= 0.6 is 0 Å². The second-order valence-corrected chi connectivity index (χ2v) is 5.76. The average molecular weight is 218 g/mol. The topological polar surface area (TPSA) is 35.5 Å². The van der Waals surface area contributed by atoms with E-state index in [1.54, 1.807) is 7.11 Å². The van der Waals surface area contributed by atoms with Crippen LogP contribution in [-0.2, 0) is 14.0 Å². The average Bonchev–Trinajstić information content (AvgIpc) is 2.17. The Morgan fingerprint density at radius 2 is 2.00 bits per heavy atom. The Labute approximate surface area is 89.1 Å². The van der Waals surface area contributed by atoms with Gasteiger partial charge in [0.2, 0.25) is 0 Å². The van der Waals surface area contributed by atoms with Crippen molar-refractivity contribution in [1.82, 2.24) is 0 Å². The van der Waals surface area contributed by atoms with Crippen LogP contribution in [0.1, 0.15) is 40.0 Å². The van der Waals surface area contributed by atoms with Gasteiger partial charge in [0, 0.05) is 7.11 Å². The van der Waals surface area contributed by atoms with Gasteiger partial charge in [0.15, 0.2) is 9.76 Å². The predicted molar refractivity (Wildman–Crippen MR) is 60.1 cm³/mol. The van der Waals surface area contributed by atoms with Crippen LogP contribution in [0, 0.1) is 0 Å². The summed E-state index contributed by atoms with van der Waals surface area (Å²) in [4.78, 5) is 11.8. The van der Waals surface area contributed by atoms with Crippen molar-refractivity contribution in [2.45, 2.75) is 45.1 Å². The van der Waals surface area contributed by atoms with Gasteiger partial charge in [-0.25, -0.2) is 0 Å². The molecule has 0 aromatic carbocycles. The van der Waals surface area contributed by atoms with E-state index >= 15 is 0 Å². The van der Waals surface area contributed by atoms with E-state index in [1.165, 1.54) is 0 Å². The molecule has 0 rings (SSSR count). The molecule has 0 amide bonds. The SMILES string of the molecule is CCCC(CC)([SiH2]OC)C(=O)OCC. The molecule has 0 aliphatic heterocycles. The van der Waals surface area contributed by atoms with Crippen molar-refractivity contribution in [1.29, 1.82) is 0 Å². The van der Waals surface area contributed by atoms with Crippen molar-refractivity contribution in [3.8, 4) is 0 Å². The van der Waals surface area contributed by atoms with Crippen molar-refractivity contribution in [2.75, 3.05) is 13.7 Å². The molecule has 0 fully saturated rings. The first kappa shape index (κ1) is 13.6. The summed E-state index contributed by atoms with van der Waals surface area (Å²) in [6.07, 6.45) is 2.73. The number of carbonyl (C=O) groups excluding carboxylic acids is 1. The molecule has 4 heteroatoms. The maximum atomic E-state index is 11.8. The molecule has 1 atom stereocenters. The standard InChI is InChI=1S/C10H22O3Si/c1-5-8-10(6-2,14-12-4)9(11)13-7-3/h5-8,14H2,1-4H3. The molecule has 0 spiro atoms. The van der Waals surface area contributed by atoms with Gasteiger partial charge < -0.3 is 9.16 Å². The van der Waals surface area contributed by atoms with Gasteiger partial charge in [-0.2, -0.15) is 0 Å². The van der Waals surface area contributed by atoms with Crippen LogP contribution in [0.3, 0.4) is 0 Å². The Morgan fingerprint density at radius 1 is 1.36 bits per heavy atom. The van der Waals surface area contributed by atoms with Crippen LogP contribution in [0.2, 0.25) is 5.04 Å². The first-order valence-electron chi connectivity index (χ1n) is 5.33. The molecule has 3 nitrogen and oxygen atoms in total. The van der Waals surface area contributed by atoms with E-state index < -0.39 is 9.76 Å². The number of hydrogen-bond acceptors (Lipinski definition) is 3. The highest BCUT2D eigenvalue weighted by Crippen LogP contribution is 2.36. The maximum absolute atomic E-state index is 11.8. The zero-order valence-corrected chi connectivity index (χ0v) is 11.2. The molecule has 0 bridgehead atoms. The molecule has 1 unspecified atom stereocenters. The normalized spacial score (nSPS) is 15.7.